The number of pyridine rings is 1. The second kappa shape index (κ2) is 5.69. The van der Waals surface area contributed by atoms with Gasteiger partial charge in [0, 0.05) is 23.7 Å². The molecule has 124 valence electrons. The van der Waals surface area contributed by atoms with Gasteiger partial charge in [0.15, 0.2) is 0 Å². The molecule has 2 saturated carbocycles. The maximum Gasteiger partial charge on any atom is 0.254 e. The number of hydrogen-bond acceptors (Lipinski definition) is 3. The largest absolute Gasteiger partial charge is 0.486 e. The van der Waals surface area contributed by atoms with Crippen LogP contribution in [0.3, 0.4) is 0 Å². The number of rotatable bonds is 4. The van der Waals surface area contributed by atoms with Gasteiger partial charge in [0.25, 0.3) is 5.56 Å². The number of carbonyl (C=O) groups excluding carboxylic acids is 1. The Hall–Kier alpha value is -1.78. The van der Waals surface area contributed by atoms with Crippen molar-refractivity contribution in [1.82, 2.24) is 9.47 Å². The van der Waals surface area contributed by atoms with Crippen molar-refractivity contribution >= 4 is 5.91 Å². The quantitative estimate of drug-likeness (QED) is 0.856. The highest BCUT2D eigenvalue weighted by Gasteiger charge is 2.36. The maximum absolute atomic E-state index is 12.3. The standard InChI is InChI=1S/C18H24N2O3/c1-12-8-15(9-17(21)20(12)14-6-7-14)23-16-10-19(11-16)18(22)13-4-2-3-5-13/h8-9,13-14,16H,2-7,10-11H2,1H3. The van der Waals surface area contributed by atoms with E-state index in [-0.39, 0.29) is 17.6 Å². The summed E-state index contributed by atoms with van der Waals surface area (Å²) in [6.45, 7) is 3.27. The van der Waals surface area contributed by atoms with E-state index in [9.17, 15) is 9.59 Å². The zero-order valence-electron chi connectivity index (χ0n) is 13.7. The molecule has 0 aromatic carbocycles. The van der Waals surface area contributed by atoms with Gasteiger partial charge >= 0.3 is 0 Å². The smallest absolute Gasteiger partial charge is 0.254 e. The minimum Gasteiger partial charge on any atom is -0.486 e. The molecule has 3 fully saturated rings. The van der Waals surface area contributed by atoms with Gasteiger partial charge in [0.2, 0.25) is 5.91 Å². The van der Waals surface area contributed by atoms with Crippen LogP contribution in [-0.2, 0) is 4.79 Å². The molecule has 1 aliphatic heterocycles. The highest BCUT2D eigenvalue weighted by molar-refractivity contribution is 5.80. The van der Waals surface area contributed by atoms with Crippen LogP contribution in [0, 0.1) is 12.8 Å². The molecule has 23 heavy (non-hydrogen) atoms. The normalized spacial score (nSPS) is 22.2. The van der Waals surface area contributed by atoms with E-state index in [2.05, 4.69) is 0 Å². The molecule has 1 saturated heterocycles. The van der Waals surface area contributed by atoms with Gasteiger partial charge in [-0.2, -0.15) is 0 Å². The molecule has 0 N–H and O–H groups in total. The number of likely N-dealkylation sites (tertiary alicyclic amines) is 1. The van der Waals surface area contributed by atoms with E-state index in [1.807, 2.05) is 22.5 Å². The molecule has 1 amide bonds. The van der Waals surface area contributed by atoms with Gasteiger partial charge in [-0.05, 0) is 38.7 Å². The number of amides is 1. The van der Waals surface area contributed by atoms with Gasteiger partial charge in [-0.15, -0.1) is 0 Å². The first-order valence-electron chi connectivity index (χ1n) is 8.80. The van der Waals surface area contributed by atoms with E-state index in [4.69, 9.17) is 4.74 Å². The summed E-state index contributed by atoms with van der Waals surface area (Å²) in [7, 11) is 0. The monoisotopic (exact) mass is 316 g/mol. The molecule has 2 heterocycles. The molecule has 0 unspecified atom stereocenters. The van der Waals surface area contributed by atoms with Crippen LogP contribution in [0.2, 0.25) is 0 Å². The molecule has 4 rings (SSSR count). The minimum atomic E-state index is 0.0240. The number of nitrogens with zero attached hydrogens (tertiary/aromatic N) is 2. The lowest BCUT2D eigenvalue weighted by molar-refractivity contribution is -0.144. The topological polar surface area (TPSA) is 51.5 Å². The van der Waals surface area contributed by atoms with Gasteiger partial charge < -0.3 is 14.2 Å². The first-order chi connectivity index (χ1) is 11.1. The summed E-state index contributed by atoms with van der Waals surface area (Å²) in [6, 6.07) is 3.92. The number of hydrogen-bond donors (Lipinski definition) is 0. The number of aryl methyl sites for hydroxylation is 1. The summed E-state index contributed by atoms with van der Waals surface area (Å²) in [6.07, 6.45) is 6.67. The van der Waals surface area contributed by atoms with Crippen LogP contribution in [0.1, 0.15) is 50.3 Å². The Balaban J connectivity index is 1.35. The third-order valence-corrected chi connectivity index (χ3v) is 5.31. The Morgan fingerprint density at radius 1 is 1.13 bits per heavy atom. The van der Waals surface area contributed by atoms with Gasteiger partial charge in [-0.25, -0.2) is 0 Å². The highest BCUT2D eigenvalue weighted by Crippen LogP contribution is 2.35. The molecule has 5 nitrogen and oxygen atoms in total. The van der Waals surface area contributed by atoms with Crippen molar-refractivity contribution in [2.45, 2.75) is 57.6 Å². The van der Waals surface area contributed by atoms with E-state index in [0.717, 1.165) is 31.4 Å². The van der Waals surface area contributed by atoms with Crippen LogP contribution in [0.4, 0.5) is 0 Å². The van der Waals surface area contributed by atoms with E-state index in [0.29, 0.717) is 30.8 Å². The van der Waals surface area contributed by atoms with Crippen LogP contribution in [-0.4, -0.2) is 34.6 Å². The molecule has 3 aliphatic rings. The molecular formula is C18H24N2O3. The van der Waals surface area contributed by atoms with Gasteiger partial charge in [-0.3, -0.25) is 9.59 Å². The fourth-order valence-corrected chi connectivity index (χ4v) is 3.87. The van der Waals surface area contributed by atoms with E-state index < -0.39 is 0 Å². The fraction of sp³-hybridized carbons (Fsp3) is 0.667. The second-order valence-corrected chi connectivity index (χ2v) is 7.24. The average molecular weight is 316 g/mol. The van der Waals surface area contributed by atoms with Crippen LogP contribution in [0.25, 0.3) is 0 Å². The second-order valence-electron chi connectivity index (χ2n) is 7.24. The Morgan fingerprint density at radius 3 is 2.43 bits per heavy atom. The van der Waals surface area contributed by atoms with Crippen LogP contribution in [0.15, 0.2) is 16.9 Å². The van der Waals surface area contributed by atoms with Crippen LogP contribution >= 0.6 is 0 Å². The van der Waals surface area contributed by atoms with Gasteiger partial charge in [0.05, 0.1) is 13.1 Å². The lowest BCUT2D eigenvalue weighted by atomic mass is 10.0. The third-order valence-electron chi connectivity index (χ3n) is 5.31. The molecule has 5 heteroatoms. The maximum atomic E-state index is 12.3. The highest BCUT2D eigenvalue weighted by atomic mass is 16.5. The zero-order valence-corrected chi connectivity index (χ0v) is 13.7. The predicted octanol–water partition coefficient (Wildman–Crippen LogP) is 2.27. The molecule has 1 aromatic heterocycles. The van der Waals surface area contributed by atoms with Crippen molar-refractivity contribution in [3.8, 4) is 5.75 Å². The summed E-state index contributed by atoms with van der Waals surface area (Å²) < 4.78 is 7.77. The Kier molecular flexibility index (Phi) is 3.66. The summed E-state index contributed by atoms with van der Waals surface area (Å²) in [5.74, 6) is 1.17. The van der Waals surface area contributed by atoms with Crippen LogP contribution in [0.5, 0.6) is 5.75 Å². The SMILES string of the molecule is Cc1cc(OC2CN(C(=O)C3CCCC3)C2)cc(=O)n1C1CC1. The summed E-state index contributed by atoms with van der Waals surface area (Å²) in [5.41, 5.74) is 0.994. The van der Waals surface area contributed by atoms with Crippen LogP contribution < -0.4 is 10.3 Å². The first-order valence-corrected chi connectivity index (χ1v) is 8.80. The van der Waals surface area contributed by atoms with Crippen molar-refractivity contribution in [3.63, 3.8) is 0 Å². The fourth-order valence-electron chi connectivity index (χ4n) is 3.87. The average Bonchev–Trinajstić information content (AvgIpc) is 3.13. The molecule has 2 aliphatic carbocycles. The van der Waals surface area contributed by atoms with Crippen molar-refractivity contribution in [1.29, 1.82) is 0 Å². The first kappa shape index (κ1) is 14.8. The minimum absolute atomic E-state index is 0.0240. The van der Waals surface area contributed by atoms with E-state index >= 15 is 0 Å². The van der Waals surface area contributed by atoms with Gasteiger partial charge in [0.1, 0.15) is 11.9 Å². The summed E-state index contributed by atoms with van der Waals surface area (Å²) in [5, 5.41) is 0. The molecule has 0 bridgehead atoms. The number of aromatic nitrogens is 1. The lowest BCUT2D eigenvalue weighted by Gasteiger charge is -2.40. The molecular weight excluding hydrogens is 292 g/mol. The van der Waals surface area contributed by atoms with Gasteiger partial charge in [-0.1, -0.05) is 12.8 Å². The third kappa shape index (κ3) is 2.89. The molecule has 0 atom stereocenters. The molecule has 0 radical (unpaired) electrons. The Morgan fingerprint density at radius 2 is 1.83 bits per heavy atom. The summed E-state index contributed by atoms with van der Waals surface area (Å²) >= 11 is 0. The van der Waals surface area contributed by atoms with Crippen molar-refractivity contribution in [2.75, 3.05) is 13.1 Å². The van der Waals surface area contributed by atoms with Crippen molar-refractivity contribution in [2.24, 2.45) is 5.92 Å². The van der Waals surface area contributed by atoms with E-state index in [1.165, 1.54) is 12.8 Å². The zero-order chi connectivity index (χ0) is 16.0. The Bertz CT molecular complexity index is 665. The Labute approximate surface area is 136 Å². The lowest BCUT2D eigenvalue weighted by Crippen LogP contribution is -2.57. The van der Waals surface area contributed by atoms with Crippen molar-refractivity contribution in [3.05, 3.63) is 28.2 Å². The summed E-state index contributed by atoms with van der Waals surface area (Å²) in [4.78, 5) is 26.4. The molecule has 1 aromatic rings. The predicted molar refractivity (Wildman–Crippen MR) is 86.7 cm³/mol. The number of carbonyl (C=O) groups is 1. The van der Waals surface area contributed by atoms with Crippen molar-refractivity contribution < 1.29 is 9.53 Å². The van der Waals surface area contributed by atoms with E-state index in [1.54, 1.807) is 6.07 Å². The number of ether oxygens (including phenoxy) is 1. The molecule has 0 spiro atoms.